The fourth-order valence-electron chi connectivity index (χ4n) is 1.23. The van der Waals surface area contributed by atoms with Crippen LogP contribution in [-0.2, 0) is 6.42 Å². The van der Waals surface area contributed by atoms with Gasteiger partial charge in [-0.15, -0.1) is 0 Å². The van der Waals surface area contributed by atoms with Gasteiger partial charge in [-0.05, 0) is 25.0 Å². The van der Waals surface area contributed by atoms with Crippen LogP contribution in [0.3, 0.4) is 0 Å². The summed E-state index contributed by atoms with van der Waals surface area (Å²) in [6.45, 7) is 3.11. The number of carbonyl (C=O) groups excluding carboxylic acids is 1. The van der Waals surface area contributed by atoms with Crippen molar-refractivity contribution < 1.29 is 4.79 Å². The summed E-state index contributed by atoms with van der Waals surface area (Å²) in [6, 6.07) is 7.51. The van der Waals surface area contributed by atoms with E-state index >= 15 is 0 Å². The summed E-state index contributed by atoms with van der Waals surface area (Å²) in [4.78, 5) is 11.1. The maximum Gasteiger partial charge on any atom is 0.314 e. The van der Waals surface area contributed by atoms with Crippen LogP contribution in [0.15, 0.2) is 24.3 Å². The van der Waals surface area contributed by atoms with E-state index in [9.17, 15) is 4.79 Å². The third-order valence-electron chi connectivity index (χ3n) is 1.98. The molecule has 0 spiro atoms. The van der Waals surface area contributed by atoms with Gasteiger partial charge in [0.15, 0.2) is 0 Å². The predicted molar refractivity (Wildman–Crippen MR) is 62.2 cm³/mol. The molecule has 0 saturated heterocycles. The lowest BCUT2D eigenvalue weighted by Crippen LogP contribution is -2.36. The highest BCUT2D eigenvalue weighted by molar-refractivity contribution is 6.31. The van der Waals surface area contributed by atoms with Crippen molar-refractivity contribution >= 4 is 17.6 Å². The van der Waals surface area contributed by atoms with E-state index in [2.05, 4.69) is 10.6 Å². The Morgan fingerprint density at radius 3 is 2.73 bits per heavy atom. The Morgan fingerprint density at radius 2 is 2.07 bits per heavy atom. The van der Waals surface area contributed by atoms with Gasteiger partial charge < -0.3 is 10.6 Å². The first-order chi connectivity index (χ1) is 7.24. The van der Waals surface area contributed by atoms with Crippen molar-refractivity contribution in [3.63, 3.8) is 0 Å². The smallest absolute Gasteiger partial charge is 0.314 e. The molecule has 0 radical (unpaired) electrons. The molecule has 1 aromatic rings. The molecule has 82 valence electrons. The van der Waals surface area contributed by atoms with Gasteiger partial charge in [0.2, 0.25) is 0 Å². The van der Waals surface area contributed by atoms with Crippen molar-refractivity contribution in [3.05, 3.63) is 34.9 Å². The van der Waals surface area contributed by atoms with Crippen LogP contribution in [0.4, 0.5) is 4.79 Å². The average molecular weight is 227 g/mol. The van der Waals surface area contributed by atoms with E-state index in [4.69, 9.17) is 11.6 Å². The van der Waals surface area contributed by atoms with Gasteiger partial charge in [-0.3, -0.25) is 0 Å². The summed E-state index contributed by atoms with van der Waals surface area (Å²) in [5, 5.41) is 6.16. The molecule has 4 heteroatoms. The number of amides is 2. The molecule has 0 atom stereocenters. The minimum Gasteiger partial charge on any atom is -0.338 e. The third-order valence-corrected chi connectivity index (χ3v) is 2.34. The Bertz CT molecular complexity index is 328. The van der Waals surface area contributed by atoms with E-state index in [1.807, 2.05) is 31.2 Å². The zero-order valence-corrected chi connectivity index (χ0v) is 9.47. The lowest BCUT2D eigenvalue weighted by molar-refractivity contribution is 0.241. The Kier molecular flexibility index (Phi) is 4.98. The van der Waals surface area contributed by atoms with Crippen LogP contribution >= 0.6 is 11.6 Å². The maximum absolute atomic E-state index is 11.1. The highest BCUT2D eigenvalue weighted by Crippen LogP contribution is 2.14. The summed E-state index contributed by atoms with van der Waals surface area (Å²) >= 11 is 5.97. The number of urea groups is 1. The van der Waals surface area contributed by atoms with Crippen molar-refractivity contribution in [2.24, 2.45) is 0 Å². The van der Waals surface area contributed by atoms with E-state index in [1.54, 1.807) is 0 Å². The highest BCUT2D eigenvalue weighted by atomic mass is 35.5. The number of benzene rings is 1. The molecule has 2 N–H and O–H groups in total. The van der Waals surface area contributed by atoms with Crippen LogP contribution in [0.2, 0.25) is 5.02 Å². The molecule has 0 saturated carbocycles. The molecule has 0 unspecified atom stereocenters. The minimum atomic E-state index is -0.135. The Labute approximate surface area is 94.8 Å². The quantitative estimate of drug-likeness (QED) is 0.812. The second kappa shape index (κ2) is 6.30. The van der Waals surface area contributed by atoms with E-state index in [0.29, 0.717) is 13.1 Å². The fraction of sp³-hybridized carbons (Fsp3) is 0.364. The van der Waals surface area contributed by atoms with E-state index in [0.717, 1.165) is 17.0 Å². The first-order valence-electron chi connectivity index (χ1n) is 4.99. The third kappa shape index (κ3) is 4.21. The van der Waals surface area contributed by atoms with Gasteiger partial charge in [0.25, 0.3) is 0 Å². The number of hydrogen-bond acceptors (Lipinski definition) is 1. The Morgan fingerprint density at radius 1 is 1.33 bits per heavy atom. The molecule has 0 heterocycles. The van der Waals surface area contributed by atoms with Crippen LogP contribution in [0.5, 0.6) is 0 Å². The molecule has 0 aliphatic rings. The molecular weight excluding hydrogens is 212 g/mol. The zero-order valence-electron chi connectivity index (χ0n) is 8.72. The number of hydrogen-bond donors (Lipinski definition) is 2. The summed E-state index contributed by atoms with van der Waals surface area (Å²) in [7, 11) is 0. The molecule has 0 aromatic heterocycles. The number of nitrogens with one attached hydrogen (secondary N) is 2. The summed E-state index contributed by atoms with van der Waals surface area (Å²) in [5.74, 6) is 0. The molecule has 3 nitrogen and oxygen atoms in total. The lowest BCUT2D eigenvalue weighted by atomic mass is 10.1. The number of halogens is 1. The van der Waals surface area contributed by atoms with E-state index in [1.165, 1.54) is 0 Å². The Balaban J connectivity index is 2.32. The van der Waals surface area contributed by atoms with Crippen LogP contribution in [0.1, 0.15) is 12.5 Å². The molecule has 0 fully saturated rings. The molecule has 15 heavy (non-hydrogen) atoms. The highest BCUT2D eigenvalue weighted by Gasteiger charge is 2.00. The predicted octanol–water partition coefficient (Wildman–Crippen LogP) is 2.20. The summed E-state index contributed by atoms with van der Waals surface area (Å²) in [6.07, 6.45) is 0.747. The van der Waals surface area contributed by atoms with Crippen molar-refractivity contribution in [1.82, 2.24) is 10.6 Å². The van der Waals surface area contributed by atoms with Crippen molar-refractivity contribution in [2.75, 3.05) is 13.1 Å². The molecule has 1 aromatic carbocycles. The second-order valence-electron chi connectivity index (χ2n) is 3.13. The Hall–Kier alpha value is -1.22. The van der Waals surface area contributed by atoms with E-state index in [-0.39, 0.29) is 6.03 Å². The average Bonchev–Trinajstić information content (AvgIpc) is 2.21. The number of rotatable bonds is 4. The SMILES string of the molecule is CCNC(=O)NCCc1ccccc1Cl. The summed E-state index contributed by atoms with van der Waals surface area (Å²) in [5.41, 5.74) is 1.05. The van der Waals surface area contributed by atoms with Gasteiger partial charge in [-0.25, -0.2) is 4.79 Å². The van der Waals surface area contributed by atoms with E-state index < -0.39 is 0 Å². The van der Waals surface area contributed by atoms with Gasteiger partial charge in [-0.1, -0.05) is 29.8 Å². The standard InChI is InChI=1S/C11H15ClN2O/c1-2-13-11(15)14-8-7-9-5-3-4-6-10(9)12/h3-6H,2,7-8H2,1H3,(H2,13,14,15). The van der Waals surface area contributed by atoms with Gasteiger partial charge in [0, 0.05) is 18.1 Å². The van der Waals surface area contributed by atoms with Crippen LogP contribution in [-0.4, -0.2) is 19.1 Å². The second-order valence-corrected chi connectivity index (χ2v) is 3.53. The largest absolute Gasteiger partial charge is 0.338 e. The van der Waals surface area contributed by atoms with Crippen molar-refractivity contribution in [2.45, 2.75) is 13.3 Å². The van der Waals surface area contributed by atoms with Crippen molar-refractivity contribution in [3.8, 4) is 0 Å². The van der Waals surface area contributed by atoms with Crippen LogP contribution < -0.4 is 10.6 Å². The molecule has 0 aliphatic carbocycles. The monoisotopic (exact) mass is 226 g/mol. The minimum absolute atomic E-state index is 0.135. The fourth-order valence-corrected chi connectivity index (χ4v) is 1.47. The molecule has 0 bridgehead atoms. The van der Waals surface area contributed by atoms with Crippen LogP contribution in [0.25, 0.3) is 0 Å². The zero-order chi connectivity index (χ0) is 11.1. The van der Waals surface area contributed by atoms with Crippen LogP contribution in [0, 0.1) is 0 Å². The molecule has 2 amide bonds. The summed E-state index contributed by atoms with van der Waals surface area (Å²) < 4.78 is 0. The topological polar surface area (TPSA) is 41.1 Å². The first kappa shape index (κ1) is 11.9. The first-order valence-corrected chi connectivity index (χ1v) is 5.37. The lowest BCUT2D eigenvalue weighted by Gasteiger charge is -2.06. The number of carbonyl (C=O) groups is 1. The van der Waals surface area contributed by atoms with Gasteiger partial charge in [0.1, 0.15) is 0 Å². The maximum atomic E-state index is 11.1. The molecule has 0 aliphatic heterocycles. The molecular formula is C11H15ClN2O. The van der Waals surface area contributed by atoms with Gasteiger partial charge in [-0.2, -0.15) is 0 Å². The van der Waals surface area contributed by atoms with Crippen molar-refractivity contribution in [1.29, 1.82) is 0 Å². The van der Waals surface area contributed by atoms with Gasteiger partial charge >= 0.3 is 6.03 Å². The molecule has 1 rings (SSSR count). The van der Waals surface area contributed by atoms with Gasteiger partial charge in [0.05, 0.1) is 0 Å². The normalized spacial score (nSPS) is 9.73.